The zero-order valence-corrected chi connectivity index (χ0v) is 18.5. The molecule has 2 aliphatic heterocycles. The molecule has 0 unspecified atom stereocenters. The second-order valence-corrected chi connectivity index (χ2v) is 9.01. The summed E-state index contributed by atoms with van der Waals surface area (Å²) in [4.78, 5) is 37.7. The number of para-hydroxylation sites is 1. The minimum absolute atomic E-state index is 0.115. The van der Waals surface area contributed by atoms with E-state index < -0.39 is 5.60 Å². The van der Waals surface area contributed by atoms with Crippen LogP contribution < -0.4 is 10.1 Å². The summed E-state index contributed by atoms with van der Waals surface area (Å²) >= 11 is 0. The van der Waals surface area contributed by atoms with Crippen LogP contribution in [0.15, 0.2) is 53.8 Å². The summed E-state index contributed by atoms with van der Waals surface area (Å²) in [5, 5.41) is 7.20. The number of carbonyl (C=O) groups is 2. The van der Waals surface area contributed by atoms with Gasteiger partial charge in [-0.2, -0.15) is 0 Å². The Bertz CT molecular complexity index is 1040. The SMILES string of the molecule is O=C(NC1CCCC1)C1=NOC2(CCN(C(=O)c3cccnc3Oc3ccccc3)CC2)C1. The van der Waals surface area contributed by atoms with Gasteiger partial charge in [0.25, 0.3) is 11.8 Å². The van der Waals surface area contributed by atoms with E-state index in [1.54, 1.807) is 23.2 Å². The summed E-state index contributed by atoms with van der Waals surface area (Å²) in [5.74, 6) is 0.681. The van der Waals surface area contributed by atoms with Crippen LogP contribution in [0.3, 0.4) is 0 Å². The molecule has 2 amide bonds. The van der Waals surface area contributed by atoms with Crippen molar-refractivity contribution in [1.29, 1.82) is 0 Å². The minimum atomic E-state index is -0.503. The fourth-order valence-corrected chi connectivity index (χ4v) is 4.77. The number of likely N-dealkylation sites (tertiary alicyclic amines) is 1. The highest BCUT2D eigenvalue weighted by molar-refractivity contribution is 6.39. The van der Waals surface area contributed by atoms with Crippen LogP contribution in [0, 0.1) is 0 Å². The van der Waals surface area contributed by atoms with Crippen LogP contribution in [0.4, 0.5) is 0 Å². The van der Waals surface area contributed by atoms with E-state index in [-0.39, 0.29) is 17.9 Å². The Morgan fingerprint density at radius 1 is 1.06 bits per heavy atom. The van der Waals surface area contributed by atoms with Crippen molar-refractivity contribution in [1.82, 2.24) is 15.2 Å². The van der Waals surface area contributed by atoms with E-state index in [9.17, 15) is 9.59 Å². The van der Waals surface area contributed by atoms with Gasteiger partial charge in [0.2, 0.25) is 5.88 Å². The second kappa shape index (κ2) is 9.21. The number of amides is 2. The number of piperidine rings is 1. The molecule has 3 aliphatic rings. The molecule has 1 aliphatic carbocycles. The van der Waals surface area contributed by atoms with Gasteiger partial charge in [-0.15, -0.1) is 0 Å². The average molecular weight is 449 g/mol. The van der Waals surface area contributed by atoms with Crippen molar-refractivity contribution in [3.63, 3.8) is 0 Å². The number of hydrogen-bond acceptors (Lipinski definition) is 6. The van der Waals surface area contributed by atoms with E-state index >= 15 is 0 Å². The molecule has 8 heteroatoms. The monoisotopic (exact) mass is 448 g/mol. The molecule has 5 rings (SSSR count). The smallest absolute Gasteiger partial charge is 0.269 e. The topological polar surface area (TPSA) is 93.1 Å². The summed E-state index contributed by atoms with van der Waals surface area (Å²) in [7, 11) is 0. The van der Waals surface area contributed by atoms with Crippen molar-refractivity contribution in [3.05, 3.63) is 54.2 Å². The van der Waals surface area contributed by atoms with Crippen LogP contribution in [-0.2, 0) is 9.63 Å². The predicted octanol–water partition coefficient (Wildman–Crippen LogP) is 3.68. The number of pyridine rings is 1. The van der Waals surface area contributed by atoms with Gasteiger partial charge in [0.15, 0.2) is 0 Å². The fraction of sp³-hybridized carbons (Fsp3) is 0.440. The van der Waals surface area contributed by atoms with Gasteiger partial charge in [0.1, 0.15) is 22.6 Å². The molecule has 1 N–H and O–H groups in total. The molecule has 1 saturated carbocycles. The molecule has 1 saturated heterocycles. The summed E-state index contributed by atoms with van der Waals surface area (Å²) in [6.45, 7) is 1.04. The summed E-state index contributed by atoms with van der Waals surface area (Å²) in [6, 6.07) is 13.0. The lowest BCUT2D eigenvalue weighted by Crippen LogP contribution is -2.47. The molecule has 1 aromatic carbocycles. The number of carbonyl (C=O) groups excluding carboxylic acids is 2. The number of nitrogens with zero attached hydrogens (tertiary/aromatic N) is 3. The van der Waals surface area contributed by atoms with E-state index in [1.165, 1.54) is 0 Å². The summed E-state index contributed by atoms with van der Waals surface area (Å²) in [6.07, 6.45) is 7.74. The van der Waals surface area contributed by atoms with Crippen LogP contribution in [0.25, 0.3) is 0 Å². The highest BCUT2D eigenvalue weighted by atomic mass is 16.7. The molecule has 2 fully saturated rings. The van der Waals surface area contributed by atoms with Gasteiger partial charge in [0.05, 0.1) is 0 Å². The highest BCUT2D eigenvalue weighted by Crippen LogP contribution is 2.36. The number of hydrogen-bond donors (Lipinski definition) is 1. The average Bonchev–Trinajstić information content (AvgIpc) is 3.51. The number of ether oxygens (including phenoxy) is 1. The maximum Gasteiger partial charge on any atom is 0.269 e. The highest BCUT2D eigenvalue weighted by Gasteiger charge is 2.45. The number of aromatic nitrogens is 1. The molecule has 2 aromatic rings. The molecule has 33 heavy (non-hydrogen) atoms. The maximum atomic E-state index is 13.3. The van der Waals surface area contributed by atoms with E-state index in [4.69, 9.17) is 9.57 Å². The van der Waals surface area contributed by atoms with Crippen molar-refractivity contribution < 1.29 is 19.2 Å². The van der Waals surface area contributed by atoms with Gasteiger partial charge >= 0.3 is 0 Å². The van der Waals surface area contributed by atoms with Crippen molar-refractivity contribution in [2.24, 2.45) is 5.16 Å². The molecular weight excluding hydrogens is 420 g/mol. The van der Waals surface area contributed by atoms with E-state index in [0.717, 1.165) is 25.7 Å². The first-order valence-corrected chi connectivity index (χ1v) is 11.7. The first kappa shape index (κ1) is 21.4. The number of oxime groups is 1. The zero-order valence-electron chi connectivity index (χ0n) is 18.5. The third-order valence-corrected chi connectivity index (χ3v) is 6.71. The van der Waals surface area contributed by atoms with Gasteiger partial charge in [-0.1, -0.05) is 36.2 Å². The second-order valence-electron chi connectivity index (χ2n) is 9.01. The van der Waals surface area contributed by atoms with Gasteiger partial charge in [-0.25, -0.2) is 4.98 Å². The minimum Gasteiger partial charge on any atom is -0.438 e. The Morgan fingerprint density at radius 3 is 2.58 bits per heavy atom. The Morgan fingerprint density at radius 2 is 1.82 bits per heavy atom. The van der Waals surface area contributed by atoms with Crippen LogP contribution >= 0.6 is 0 Å². The molecule has 0 bridgehead atoms. The molecule has 0 atom stereocenters. The Labute approximate surface area is 193 Å². The van der Waals surface area contributed by atoms with E-state index in [0.29, 0.717) is 55.3 Å². The van der Waals surface area contributed by atoms with Crippen LogP contribution in [0.2, 0.25) is 0 Å². The number of rotatable bonds is 5. The van der Waals surface area contributed by atoms with Crippen LogP contribution in [0.1, 0.15) is 55.3 Å². The van der Waals surface area contributed by atoms with Crippen LogP contribution in [0.5, 0.6) is 11.6 Å². The number of benzene rings is 1. The standard InChI is InChI=1S/C25H28N4O4/c30-22(27-18-7-4-5-8-18)21-17-25(33-28-21)12-15-29(16-13-25)24(31)20-11-6-14-26-23(20)32-19-9-2-1-3-10-19/h1-3,6,9-11,14,18H,4-5,7-8,12-13,15-17H2,(H,27,30). The molecule has 172 valence electrons. The van der Waals surface area contributed by atoms with Gasteiger partial charge < -0.3 is 19.8 Å². The normalized spacial score (nSPS) is 19.8. The lowest BCUT2D eigenvalue weighted by atomic mass is 9.86. The van der Waals surface area contributed by atoms with Crippen LogP contribution in [-0.4, -0.2) is 52.1 Å². The molecule has 1 spiro atoms. The van der Waals surface area contributed by atoms with Crippen molar-refractivity contribution in [2.45, 2.75) is 56.6 Å². The van der Waals surface area contributed by atoms with Gasteiger partial charge in [-0.05, 0) is 37.1 Å². The Balaban J connectivity index is 1.19. The van der Waals surface area contributed by atoms with E-state index in [1.807, 2.05) is 30.3 Å². The lowest BCUT2D eigenvalue weighted by molar-refractivity contribution is -0.115. The molecule has 1 aromatic heterocycles. The molecule has 3 heterocycles. The first-order valence-electron chi connectivity index (χ1n) is 11.7. The van der Waals surface area contributed by atoms with Crippen molar-refractivity contribution in [2.75, 3.05) is 13.1 Å². The molecular formula is C25H28N4O4. The predicted molar refractivity (Wildman–Crippen MR) is 122 cm³/mol. The van der Waals surface area contributed by atoms with E-state index in [2.05, 4.69) is 15.5 Å². The lowest BCUT2D eigenvalue weighted by Gasteiger charge is -2.37. The summed E-state index contributed by atoms with van der Waals surface area (Å²) < 4.78 is 5.86. The Hall–Kier alpha value is -3.42. The maximum absolute atomic E-state index is 13.3. The quantitative estimate of drug-likeness (QED) is 0.753. The largest absolute Gasteiger partial charge is 0.438 e. The molecule has 8 nitrogen and oxygen atoms in total. The third-order valence-electron chi connectivity index (χ3n) is 6.71. The van der Waals surface area contributed by atoms with Gasteiger partial charge in [-0.3, -0.25) is 9.59 Å². The van der Waals surface area contributed by atoms with Crippen molar-refractivity contribution in [3.8, 4) is 11.6 Å². The first-order chi connectivity index (χ1) is 16.1. The third kappa shape index (κ3) is 4.69. The fourth-order valence-electron chi connectivity index (χ4n) is 4.77. The van der Waals surface area contributed by atoms with Crippen molar-refractivity contribution >= 4 is 17.5 Å². The summed E-state index contributed by atoms with van der Waals surface area (Å²) in [5.41, 5.74) is 0.391. The zero-order chi connectivity index (χ0) is 22.7. The Kier molecular flexibility index (Phi) is 5.98. The number of nitrogens with one attached hydrogen (secondary N) is 1. The van der Waals surface area contributed by atoms with Gasteiger partial charge in [0, 0.05) is 44.6 Å². The molecule has 0 radical (unpaired) electrons.